The molecule has 0 bridgehead atoms. The van der Waals surface area contributed by atoms with E-state index in [-0.39, 0.29) is 6.61 Å². The van der Waals surface area contributed by atoms with E-state index in [1.54, 1.807) is 0 Å². The summed E-state index contributed by atoms with van der Waals surface area (Å²) in [6.45, 7) is 5.86. The van der Waals surface area contributed by atoms with Gasteiger partial charge in [0.2, 0.25) is 0 Å². The van der Waals surface area contributed by atoms with E-state index in [9.17, 15) is 0 Å². The molecule has 0 amide bonds. The number of carboxylic acids is 1. The van der Waals surface area contributed by atoms with E-state index in [4.69, 9.17) is 15.0 Å². The summed E-state index contributed by atoms with van der Waals surface area (Å²) in [4.78, 5) is 9.00. The maximum absolute atomic E-state index is 9.00. The van der Waals surface area contributed by atoms with E-state index in [1.165, 1.54) is 12.8 Å². The second-order valence-corrected chi connectivity index (χ2v) is 3.59. The van der Waals surface area contributed by atoms with Crippen molar-refractivity contribution < 1.29 is 15.0 Å². The van der Waals surface area contributed by atoms with Gasteiger partial charge in [0.05, 0.1) is 0 Å². The minimum Gasteiger partial charge on any atom is -0.481 e. The van der Waals surface area contributed by atoms with Crippen LogP contribution in [0.2, 0.25) is 0 Å². The van der Waals surface area contributed by atoms with Crippen molar-refractivity contribution in [1.29, 1.82) is 0 Å². The molecule has 2 N–H and O–H groups in total. The zero-order chi connectivity index (χ0) is 12.1. The summed E-state index contributed by atoms with van der Waals surface area (Å²) in [6.07, 6.45) is 8.74. The molecule has 3 heteroatoms. The molecule has 0 spiro atoms. The van der Waals surface area contributed by atoms with Crippen molar-refractivity contribution in [2.75, 3.05) is 6.61 Å². The number of aliphatic hydroxyl groups is 1. The molecule has 0 aliphatic rings. The van der Waals surface area contributed by atoms with Crippen LogP contribution < -0.4 is 0 Å². The van der Waals surface area contributed by atoms with Gasteiger partial charge in [-0.2, -0.15) is 0 Å². The zero-order valence-corrected chi connectivity index (χ0v) is 10.1. The minimum atomic E-state index is -0.833. The fourth-order valence-corrected chi connectivity index (χ4v) is 0.895. The molecule has 0 aliphatic heterocycles. The lowest BCUT2D eigenvalue weighted by molar-refractivity contribution is -0.134. The maximum atomic E-state index is 9.00. The molecule has 0 aromatic heterocycles. The monoisotopic (exact) mass is 216 g/mol. The number of carbonyl (C=O) groups is 1. The molecule has 15 heavy (non-hydrogen) atoms. The van der Waals surface area contributed by atoms with Gasteiger partial charge in [-0.25, -0.2) is 0 Å². The molecule has 3 nitrogen and oxygen atoms in total. The van der Waals surface area contributed by atoms with Crippen LogP contribution in [0.5, 0.6) is 0 Å². The highest BCUT2D eigenvalue weighted by atomic mass is 16.4. The Morgan fingerprint density at radius 3 is 2.20 bits per heavy atom. The Kier molecular flexibility index (Phi) is 14.6. The molecular weight excluding hydrogens is 192 g/mol. The molecule has 1 unspecified atom stereocenters. The lowest BCUT2D eigenvalue weighted by Crippen LogP contribution is -1.89. The molecule has 0 aromatic rings. The quantitative estimate of drug-likeness (QED) is 0.671. The largest absolute Gasteiger partial charge is 0.481 e. The van der Waals surface area contributed by atoms with Crippen LogP contribution in [-0.2, 0) is 4.79 Å². The Morgan fingerprint density at radius 2 is 1.80 bits per heavy atom. The Labute approximate surface area is 92.8 Å². The molecule has 90 valence electrons. The van der Waals surface area contributed by atoms with Gasteiger partial charge in [0, 0.05) is 13.5 Å². The van der Waals surface area contributed by atoms with Gasteiger partial charge in [-0.15, -0.1) is 0 Å². The SMILES string of the molecule is CC(=O)O.CCC(C)CCC=CCCO. The molecule has 0 saturated heterocycles. The number of hydrogen-bond donors (Lipinski definition) is 2. The number of carboxylic acid groups (broad SMARTS) is 1. The van der Waals surface area contributed by atoms with Gasteiger partial charge in [0.1, 0.15) is 0 Å². The van der Waals surface area contributed by atoms with Crippen molar-refractivity contribution in [3.63, 3.8) is 0 Å². The Morgan fingerprint density at radius 1 is 1.33 bits per heavy atom. The van der Waals surface area contributed by atoms with E-state index in [0.717, 1.165) is 25.7 Å². The minimum absolute atomic E-state index is 0.278. The fourth-order valence-electron chi connectivity index (χ4n) is 0.895. The van der Waals surface area contributed by atoms with Crippen molar-refractivity contribution in [2.45, 2.75) is 46.5 Å². The molecule has 0 aliphatic carbocycles. The summed E-state index contributed by atoms with van der Waals surface area (Å²) in [7, 11) is 0. The van der Waals surface area contributed by atoms with Gasteiger partial charge < -0.3 is 10.2 Å². The summed E-state index contributed by atoms with van der Waals surface area (Å²) in [5.41, 5.74) is 0. The van der Waals surface area contributed by atoms with Gasteiger partial charge in [-0.3, -0.25) is 4.79 Å². The molecule has 0 aromatic carbocycles. The lowest BCUT2D eigenvalue weighted by atomic mass is 10.0. The first-order valence-electron chi connectivity index (χ1n) is 5.49. The van der Waals surface area contributed by atoms with Crippen LogP contribution in [0.25, 0.3) is 0 Å². The smallest absolute Gasteiger partial charge is 0.300 e. The molecule has 0 radical (unpaired) electrons. The van der Waals surface area contributed by atoms with Crippen molar-refractivity contribution in [3.05, 3.63) is 12.2 Å². The summed E-state index contributed by atoms with van der Waals surface area (Å²) in [5.74, 6) is 0.00813. The molecule has 0 heterocycles. The van der Waals surface area contributed by atoms with Crippen LogP contribution in [0.1, 0.15) is 46.5 Å². The van der Waals surface area contributed by atoms with Crippen LogP contribution >= 0.6 is 0 Å². The van der Waals surface area contributed by atoms with E-state index < -0.39 is 5.97 Å². The van der Waals surface area contributed by atoms with E-state index in [0.29, 0.717) is 0 Å². The second-order valence-electron chi connectivity index (χ2n) is 3.59. The molecule has 0 rings (SSSR count). The number of allylic oxidation sites excluding steroid dienone is 1. The first-order valence-corrected chi connectivity index (χ1v) is 5.49. The third-order valence-electron chi connectivity index (χ3n) is 1.99. The summed E-state index contributed by atoms with van der Waals surface area (Å²) >= 11 is 0. The van der Waals surface area contributed by atoms with Gasteiger partial charge in [0.25, 0.3) is 5.97 Å². The predicted molar refractivity (Wildman–Crippen MR) is 62.8 cm³/mol. The summed E-state index contributed by atoms with van der Waals surface area (Å²) in [5, 5.41) is 15.9. The van der Waals surface area contributed by atoms with Crippen LogP contribution in [0, 0.1) is 5.92 Å². The van der Waals surface area contributed by atoms with Crippen LogP contribution in [0.3, 0.4) is 0 Å². The average Bonchev–Trinajstić information content (AvgIpc) is 2.16. The second kappa shape index (κ2) is 13.2. The molecule has 1 atom stereocenters. The molecule has 0 fully saturated rings. The van der Waals surface area contributed by atoms with Gasteiger partial charge in [-0.05, 0) is 25.2 Å². The summed E-state index contributed by atoms with van der Waals surface area (Å²) < 4.78 is 0. The molecular formula is C12H24O3. The van der Waals surface area contributed by atoms with Gasteiger partial charge >= 0.3 is 0 Å². The highest BCUT2D eigenvalue weighted by Crippen LogP contribution is 2.09. The fraction of sp³-hybridized carbons (Fsp3) is 0.750. The van der Waals surface area contributed by atoms with E-state index in [1.807, 2.05) is 0 Å². The van der Waals surface area contributed by atoms with Crippen molar-refractivity contribution >= 4 is 5.97 Å². The topological polar surface area (TPSA) is 57.5 Å². The Hall–Kier alpha value is -0.830. The number of hydrogen-bond acceptors (Lipinski definition) is 2. The summed E-state index contributed by atoms with van der Waals surface area (Å²) in [6, 6.07) is 0. The van der Waals surface area contributed by atoms with Crippen LogP contribution in [-0.4, -0.2) is 22.8 Å². The Balaban J connectivity index is 0. The standard InChI is InChI=1S/C10H20O.C2H4O2/c1-3-10(2)8-6-4-5-7-9-11;1-2(3)4/h4-5,10-11H,3,6-9H2,1-2H3;1H3,(H,3,4). The number of aliphatic hydroxyl groups excluding tert-OH is 1. The normalized spacial score (nSPS) is 12.0. The first kappa shape index (κ1) is 16.6. The maximum Gasteiger partial charge on any atom is 0.300 e. The highest BCUT2D eigenvalue weighted by Gasteiger charge is 1.94. The van der Waals surface area contributed by atoms with Crippen molar-refractivity contribution in [3.8, 4) is 0 Å². The van der Waals surface area contributed by atoms with Gasteiger partial charge in [-0.1, -0.05) is 32.4 Å². The molecule has 0 saturated carbocycles. The Bertz CT molecular complexity index is 160. The van der Waals surface area contributed by atoms with Crippen molar-refractivity contribution in [1.82, 2.24) is 0 Å². The highest BCUT2D eigenvalue weighted by molar-refractivity contribution is 5.62. The van der Waals surface area contributed by atoms with Gasteiger partial charge in [0.15, 0.2) is 0 Å². The van der Waals surface area contributed by atoms with Crippen molar-refractivity contribution in [2.24, 2.45) is 5.92 Å². The van der Waals surface area contributed by atoms with Crippen LogP contribution in [0.15, 0.2) is 12.2 Å². The third kappa shape index (κ3) is 24.6. The first-order chi connectivity index (χ1) is 7.04. The number of aliphatic carboxylic acids is 1. The lowest BCUT2D eigenvalue weighted by Gasteiger charge is -2.03. The van der Waals surface area contributed by atoms with E-state index >= 15 is 0 Å². The third-order valence-corrected chi connectivity index (χ3v) is 1.99. The zero-order valence-electron chi connectivity index (χ0n) is 10.1. The van der Waals surface area contributed by atoms with E-state index in [2.05, 4.69) is 26.0 Å². The average molecular weight is 216 g/mol. The number of rotatable bonds is 6. The van der Waals surface area contributed by atoms with Crippen LogP contribution in [0.4, 0.5) is 0 Å². The predicted octanol–water partition coefficient (Wildman–Crippen LogP) is 2.84.